The van der Waals surface area contributed by atoms with Crippen LogP contribution < -0.4 is 0 Å². The molecule has 0 aromatic rings. The third-order valence-corrected chi connectivity index (χ3v) is 3.46. The highest BCUT2D eigenvalue weighted by atomic mass is 19.4. The molecule has 114 valence electrons. The second-order valence-electron chi connectivity index (χ2n) is 5.01. The van der Waals surface area contributed by atoms with Crippen molar-refractivity contribution in [3.63, 3.8) is 0 Å². The Kier molecular flexibility index (Phi) is 5.59. The van der Waals surface area contributed by atoms with Crippen LogP contribution in [0.25, 0.3) is 0 Å². The number of hydrogen-bond donors (Lipinski definition) is 1. The fourth-order valence-electron chi connectivity index (χ4n) is 2.45. The van der Waals surface area contributed by atoms with Crippen molar-refractivity contribution >= 4 is 11.9 Å². The molecule has 1 aliphatic carbocycles. The monoisotopic (exact) mass is 293 g/mol. The van der Waals surface area contributed by atoms with Crippen molar-refractivity contribution in [3.8, 4) is 0 Å². The molecule has 1 N–H and O–H groups in total. The smallest absolute Gasteiger partial charge is 0.406 e. The lowest BCUT2D eigenvalue weighted by Gasteiger charge is -2.30. The van der Waals surface area contributed by atoms with E-state index >= 15 is 0 Å². The van der Waals surface area contributed by atoms with Crippen LogP contribution in [0.15, 0.2) is 12.7 Å². The van der Waals surface area contributed by atoms with Gasteiger partial charge in [0.25, 0.3) is 0 Å². The van der Waals surface area contributed by atoms with Gasteiger partial charge in [-0.15, -0.1) is 6.58 Å². The molecule has 4 nitrogen and oxygen atoms in total. The minimum Gasteiger partial charge on any atom is -0.481 e. The maximum Gasteiger partial charge on any atom is 0.406 e. The van der Waals surface area contributed by atoms with Gasteiger partial charge in [-0.25, -0.2) is 0 Å². The third kappa shape index (κ3) is 4.86. The van der Waals surface area contributed by atoms with Gasteiger partial charge in [0.05, 0.1) is 5.92 Å². The van der Waals surface area contributed by atoms with Crippen LogP contribution in [-0.2, 0) is 9.59 Å². The van der Waals surface area contributed by atoms with Gasteiger partial charge in [-0.05, 0) is 25.7 Å². The van der Waals surface area contributed by atoms with Crippen molar-refractivity contribution in [1.29, 1.82) is 0 Å². The largest absolute Gasteiger partial charge is 0.481 e. The molecule has 0 aromatic carbocycles. The summed E-state index contributed by atoms with van der Waals surface area (Å²) in [5, 5.41) is 8.85. The van der Waals surface area contributed by atoms with Gasteiger partial charge in [0.1, 0.15) is 6.54 Å². The van der Waals surface area contributed by atoms with E-state index in [1.807, 2.05) is 0 Å². The first-order valence-corrected chi connectivity index (χ1v) is 6.44. The van der Waals surface area contributed by atoms with Crippen LogP contribution in [0.4, 0.5) is 13.2 Å². The Hall–Kier alpha value is -1.53. The molecule has 0 radical (unpaired) electrons. The standard InChI is InChI=1S/C13H18F3NO3/c1-2-7-17(8-13(14,15)16)11(18)9-3-5-10(6-4-9)12(19)20/h2,9-10H,1,3-8H2,(H,19,20). The highest BCUT2D eigenvalue weighted by Gasteiger charge is 2.36. The number of halogens is 3. The summed E-state index contributed by atoms with van der Waals surface area (Å²) in [6.45, 7) is 1.90. The Balaban J connectivity index is 2.62. The summed E-state index contributed by atoms with van der Waals surface area (Å²) in [6, 6.07) is 0. The fourth-order valence-corrected chi connectivity index (χ4v) is 2.45. The highest BCUT2D eigenvalue weighted by Crippen LogP contribution is 2.31. The number of hydrogen-bond acceptors (Lipinski definition) is 2. The van der Waals surface area contributed by atoms with E-state index in [1.165, 1.54) is 6.08 Å². The van der Waals surface area contributed by atoms with Crippen molar-refractivity contribution in [1.82, 2.24) is 4.90 Å². The molecular formula is C13H18F3NO3. The van der Waals surface area contributed by atoms with E-state index in [-0.39, 0.29) is 6.54 Å². The van der Waals surface area contributed by atoms with Crippen molar-refractivity contribution < 1.29 is 27.9 Å². The van der Waals surface area contributed by atoms with Gasteiger partial charge in [-0.3, -0.25) is 9.59 Å². The van der Waals surface area contributed by atoms with Crippen LogP contribution in [-0.4, -0.2) is 41.1 Å². The lowest BCUT2D eigenvalue weighted by atomic mass is 9.81. The van der Waals surface area contributed by atoms with E-state index in [0.29, 0.717) is 25.7 Å². The van der Waals surface area contributed by atoms with Gasteiger partial charge in [0, 0.05) is 12.5 Å². The lowest BCUT2D eigenvalue weighted by molar-refractivity contribution is -0.163. The molecule has 0 heterocycles. The van der Waals surface area contributed by atoms with E-state index in [0.717, 1.165) is 4.90 Å². The Morgan fingerprint density at radius 1 is 1.20 bits per heavy atom. The average Bonchev–Trinajstić information content (AvgIpc) is 2.36. The molecule has 20 heavy (non-hydrogen) atoms. The van der Waals surface area contributed by atoms with Crippen molar-refractivity contribution in [3.05, 3.63) is 12.7 Å². The topological polar surface area (TPSA) is 57.6 Å². The molecule has 0 bridgehead atoms. The zero-order valence-electron chi connectivity index (χ0n) is 11.0. The zero-order chi connectivity index (χ0) is 15.3. The Morgan fingerprint density at radius 3 is 2.10 bits per heavy atom. The van der Waals surface area contributed by atoms with Crippen LogP contribution in [0.2, 0.25) is 0 Å². The molecule has 0 atom stereocenters. The number of aliphatic carboxylic acids is 1. The van der Waals surface area contributed by atoms with Gasteiger partial charge in [-0.2, -0.15) is 13.2 Å². The van der Waals surface area contributed by atoms with E-state index in [9.17, 15) is 22.8 Å². The molecule has 1 fully saturated rings. The second-order valence-corrected chi connectivity index (χ2v) is 5.01. The van der Waals surface area contributed by atoms with Crippen molar-refractivity contribution in [2.75, 3.05) is 13.1 Å². The maximum absolute atomic E-state index is 12.4. The summed E-state index contributed by atoms with van der Waals surface area (Å²) in [5.41, 5.74) is 0. The number of carboxylic acid groups (broad SMARTS) is 1. The minimum atomic E-state index is -4.45. The quantitative estimate of drug-likeness (QED) is 0.792. The lowest BCUT2D eigenvalue weighted by Crippen LogP contribution is -2.43. The van der Waals surface area contributed by atoms with Crippen LogP contribution in [0.3, 0.4) is 0 Å². The molecule has 7 heteroatoms. The van der Waals surface area contributed by atoms with Crippen LogP contribution in [0, 0.1) is 11.8 Å². The normalized spacial score (nSPS) is 23.1. The molecule has 0 saturated heterocycles. The number of nitrogens with zero attached hydrogens (tertiary/aromatic N) is 1. The minimum absolute atomic E-state index is 0.156. The average molecular weight is 293 g/mol. The molecule has 0 aliphatic heterocycles. The number of carbonyl (C=O) groups excluding carboxylic acids is 1. The Bertz CT molecular complexity index is 374. The van der Waals surface area contributed by atoms with Crippen LogP contribution in [0.1, 0.15) is 25.7 Å². The van der Waals surface area contributed by atoms with Crippen molar-refractivity contribution in [2.45, 2.75) is 31.9 Å². The third-order valence-electron chi connectivity index (χ3n) is 3.46. The van der Waals surface area contributed by atoms with E-state index < -0.39 is 36.4 Å². The number of amides is 1. The van der Waals surface area contributed by atoms with Gasteiger partial charge in [0.15, 0.2) is 0 Å². The summed E-state index contributed by atoms with van der Waals surface area (Å²) in [5.74, 6) is -2.48. The second kappa shape index (κ2) is 6.76. The summed E-state index contributed by atoms with van der Waals surface area (Å²) in [4.78, 5) is 23.6. The van der Waals surface area contributed by atoms with E-state index in [4.69, 9.17) is 5.11 Å². The zero-order valence-corrected chi connectivity index (χ0v) is 11.0. The predicted molar refractivity (Wildman–Crippen MR) is 65.9 cm³/mol. The van der Waals surface area contributed by atoms with Gasteiger partial charge < -0.3 is 10.0 Å². The summed E-state index contributed by atoms with van der Waals surface area (Å²) < 4.78 is 37.3. The van der Waals surface area contributed by atoms with E-state index in [1.54, 1.807) is 0 Å². The number of carbonyl (C=O) groups is 2. The first kappa shape index (κ1) is 16.5. The molecule has 1 aliphatic rings. The maximum atomic E-state index is 12.4. The molecule has 1 amide bonds. The number of carboxylic acids is 1. The fraction of sp³-hybridized carbons (Fsp3) is 0.692. The summed E-state index contributed by atoms with van der Waals surface area (Å²) in [6.07, 6.45) is -1.88. The summed E-state index contributed by atoms with van der Waals surface area (Å²) >= 11 is 0. The first-order valence-electron chi connectivity index (χ1n) is 6.44. The number of rotatable bonds is 5. The van der Waals surface area contributed by atoms with Gasteiger partial charge in [-0.1, -0.05) is 6.08 Å². The van der Waals surface area contributed by atoms with Crippen LogP contribution >= 0.6 is 0 Å². The predicted octanol–water partition coefficient (Wildman–Crippen LogP) is 2.45. The molecule has 0 spiro atoms. The Morgan fingerprint density at radius 2 is 1.70 bits per heavy atom. The van der Waals surface area contributed by atoms with Crippen molar-refractivity contribution in [2.24, 2.45) is 11.8 Å². The van der Waals surface area contributed by atoms with Gasteiger partial charge in [0.2, 0.25) is 5.91 Å². The Labute approximate surface area is 115 Å². The van der Waals surface area contributed by atoms with Gasteiger partial charge >= 0.3 is 12.1 Å². The van der Waals surface area contributed by atoms with E-state index in [2.05, 4.69) is 6.58 Å². The highest BCUT2D eigenvalue weighted by molar-refractivity contribution is 5.79. The molecular weight excluding hydrogens is 275 g/mol. The molecule has 0 unspecified atom stereocenters. The molecule has 1 saturated carbocycles. The first-order chi connectivity index (χ1) is 9.24. The number of alkyl halides is 3. The SMILES string of the molecule is C=CCN(CC(F)(F)F)C(=O)C1CCC(C(=O)O)CC1. The molecule has 1 rings (SSSR count). The molecule has 0 aromatic heterocycles. The summed E-state index contributed by atoms with van der Waals surface area (Å²) in [7, 11) is 0. The van der Waals surface area contributed by atoms with Crippen LogP contribution in [0.5, 0.6) is 0 Å².